The molecule has 9 rings (SSSR count). The van der Waals surface area contributed by atoms with Crippen LogP contribution in [-0.4, -0.2) is 56.7 Å². The van der Waals surface area contributed by atoms with E-state index in [1.165, 1.54) is 17.0 Å². The van der Waals surface area contributed by atoms with E-state index in [9.17, 15) is 28.7 Å². The number of allylic oxidation sites excluding steroid dienone is 2. The first-order valence-corrected chi connectivity index (χ1v) is 18.2. The van der Waals surface area contributed by atoms with Crippen LogP contribution in [-0.2, 0) is 19.2 Å². The van der Waals surface area contributed by atoms with Gasteiger partial charge in [-0.1, -0.05) is 35.9 Å². The summed E-state index contributed by atoms with van der Waals surface area (Å²) in [5, 5.41) is 9.24. The molecule has 4 aliphatic rings. The minimum atomic E-state index is -2.06. The fourth-order valence-corrected chi connectivity index (χ4v) is 9.63. The number of hydrogen-bond acceptors (Lipinski definition) is 8. The van der Waals surface area contributed by atoms with Crippen molar-refractivity contribution in [1.82, 2.24) is 4.98 Å². The number of oxazole rings is 1. The van der Waals surface area contributed by atoms with Gasteiger partial charge in [-0.25, -0.2) is 14.3 Å². The number of ether oxygens (including phenoxy) is 1. The fourth-order valence-electron chi connectivity index (χ4n) is 8.70. The number of carbonyl (C=O) groups excluding carboxylic acids is 4. The van der Waals surface area contributed by atoms with Gasteiger partial charge in [0, 0.05) is 11.5 Å². The monoisotopic (exact) mass is 765 g/mol. The maximum Gasteiger partial charge on any atom is 0.258 e. The molecule has 0 unspecified atom stereocenters. The van der Waals surface area contributed by atoms with E-state index in [4.69, 9.17) is 32.4 Å². The van der Waals surface area contributed by atoms with E-state index in [2.05, 4.69) is 4.98 Å². The summed E-state index contributed by atoms with van der Waals surface area (Å²) in [6.07, 6.45) is 1.85. The molecule has 5 aromatic rings. The maximum atomic E-state index is 14.6. The minimum absolute atomic E-state index is 0.0646. The van der Waals surface area contributed by atoms with Crippen LogP contribution in [0.1, 0.15) is 24.3 Å². The molecule has 6 atom stereocenters. The van der Waals surface area contributed by atoms with Gasteiger partial charge in [0.05, 0.1) is 29.8 Å². The van der Waals surface area contributed by atoms with E-state index < -0.39 is 57.0 Å². The van der Waals surface area contributed by atoms with Crippen LogP contribution >= 0.6 is 23.2 Å². The van der Waals surface area contributed by atoms with Gasteiger partial charge in [-0.05, 0) is 97.1 Å². The molecule has 1 aromatic heterocycles. The number of imide groups is 2. The molecule has 4 amide bonds. The first-order chi connectivity index (χ1) is 26.0. The molecule has 10 nitrogen and oxygen atoms in total. The Labute approximate surface area is 317 Å². The Hall–Kier alpha value is -5.36. The van der Waals surface area contributed by atoms with E-state index in [1.54, 1.807) is 48.5 Å². The summed E-state index contributed by atoms with van der Waals surface area (Å²) in [7, 11) is 0. The highest BCUT2D eigenvalue weighted by Crippen LogP contribution is 2.66. The van der Waals surface area contributed by atoms with Gasteiger partial charge in [0.2, 0.25) is 17.7 Å². The van der Waals surface area contributed by atoms with E-state index in [1.807, 2.05) is 30.3 Å². The zero-order chi connectivity index (χ0) is 37.5. The summed E-state index contributed by atoms with van der Waals surface area (Å²) in [6.45, 7) is -0.127. The average molecular weight is 767 g/mol. The highest BCUT2D eigenvalue weighted by Gasteiger charge is 2.76. The highest BCUT2D eigenvalue weighted by atomic mass is 35.5. The van der Waals surface area contributed by atoms with E-state index in [0.29, 0.717) is 45.1 Å². The molecule has 272 valence electrons. The number of halogens is 3. The van der Waals surface area contributed by atoms with Crippen molar-refractivity contribution in [2.24, 2.45) is 17.8 Å². The number of anilines is 2. The summed E-state index contributed by atoms with van der Waals surface area (Å²) in [4.78, 5) is 60.2. The molecule has 2 saturated heterocycles. The molecule has 54 heavy (non-hydrogen) atoms. The lowest BCUT2D eigenvalue weighted by Crippen LogP contribution is -2.60. The van der Waals surface area contributed by atoms with Crippen molar-refractivity contribution in [2.45, 2.75) is 28.5 Å². The quantitative estimate of drug-likeness (QED) is 0.109. The molecule has 0 spiro atoms. The molecule has 2 aliphatic carbocycles. The fraction of sp³-hybridized carbons (Fsp3) is 0.244. The standard InChI is InChI=1S/C41H30Cl2FN3O7/c42-40-21-30-28(17-18-29-33(30)37(50)46(36(29)49)25-11-5-23(6-12-25)35-45-31-3-1-2-4-32(31)54-35)34(22-7-15-27(16-8-22)53-20-19-48)41(40,43)39(52)47(38(40)51)26-13-9-24(44)10-14-26/h1-17,29-30,33-34,48H,18-21H2/t29-,30+,33-,34-,40+,41-/m0/s1. The molecule has 1 saturated carbocycles. The first-order valence-electron chi connectivity index (χ1n) is 17.4. The van der Waals surface area contributed by atoms with Gasteiger partial charge in [0.15, 0.2) is 15.3 Å². The van der Waals surface area contributed by atoms with Crippen LogP contribution in [0.25, 0.3) is 22.6 Å². The number of para-hydroxylation sites is 2. The number of aromatic nitrogens is 1. The molecule has 3 fully saturated rings. The average Bonchev–Trinajstić information content (AvgIpc) is 3.77. The van der Waals surface area contributed by atoms with Crippen molar-refractivity contribution < 1.29 is 37.8 Å². The highest BCUT2D eigenvalue weighted by molar-refractivity contribution is 6.58. The Kier molecular flexibility index (Phi) is 8.04. The van der Waals surface area contributed by atoms with Gasteiger partial charge in [0.1, 0.15) is 23.7 Å². The Bertz CT molecular complexity index is 2370. The molecule has 3 heterocycles. The SMILES string of the molecule is O=C1[C@H]2[C@H](CC=C3[C@H]2C[C@@]2(Cl)C(=O)N(c4ccc(F)cc4)C(=O)[C@@]2(Cl)[C@H]3c2ccc(OCCO)cc2)C(=O)N1c1ccc(-c2nc3ccccc3o2)cc1. The Morgan fingerprint density at radius 3 is 2.22 bits per heavy atom. The Morgan fingerprint density at radius 1 is 0.833 bits per heavy atom. The van der Waals surface area contributed by atoms with Gasteiger partial charge >= 0.3 is 0 Å². The molecule has 13 heteroatoms. The van der Waals surface area contributed by atoms with Crippen molar-refractivity contribution in [2.75, 3.05) is 23.0 Å². The normalized spacial score (nSPS) is 27.6. The smallest absolute Gasteiger partial charge is 0.258 e. The van der Waals surface area contributed by atoms with Crippen LogP contribution in [0.2, 0.25) is 0 Å². The maximum absolute atomic E-state index is 14.6. The summed E-state index contributed by atoms with van der Waals surface area (Å²) >= 11 is 14.9. The molecule has 0 radical (unpaired) electrons. The minimum Gasteiger partial charge on any atom is -0.491 e. The third-order valence-corrected chi connectivity index (χ3v) is 12.5. The number of hydrogen-bond donors (Lipinski definition) is 1. The predicted molar refractivity (Wildman–Crippen MR) is 198 cm³/mol. The molecule has 4 aromatic carbocycles. The Morgan fingerprint density at radius 2 is 1.52 bits per heavy atom. The largest absolute Gasteiger partial charge is 0.491 e. The van der Waals surface area contributed by atoms with Crippen LogP contribution in [0, 0.1) is 23.6 Å². The van der Waals surface area contributed by atoms with E-state index >= 15 is 0 Å². The number of carbonyl (C=O) groups is 4. The summed E-state index contributed by atoms with van der Waals surface area (Å²) in [5.41, 5.74) is 3.62. The second-order valence-electron chi connectivity index (χ2n) is 13.9. The van der Waals surface area contributed by atoms with Gasteiger partial charge < -0.3 is 14.3 Å². The third-order valence-electron chi connectivity index (χ3n) is 11.1. The number of nitrogens with zero attached hydrogens (tertiary/aromatic N) is 3. The number of fused-ring (bicyclic) bond motifs is 5. The van der Waals surface area contributed by atoms with E-state index in [0.717, 1.165) is 17.0 Å². The van der Waals surface area contributed by atoms with Crippen molar-refractivity contribution in [3.8, 4) is 17.2 Å². The summed E-state index contributed by atoms with van der Waals surface area (Å²) in [6, 6.07) is 25.8. The Balaban J connectivity index is 1.10. The van der Waals surface area contributed by atoms with Crippen molar-refractivity contribution >= 4 is 69.3 Å². The number of aliphatic hydroxyl groups is 1. The zero-order valence-electron chi connectivity index (χ0n) is 28.3. The summed E-state index contributed by atoms with van der Waals surface area (Å²) in [5.74, 6) is -5.51. The number of benzene rings is 4. The van der Waals surface area contributed by atoms with Crippen molar-refractivity contribution in [3.63, 3.8) is 0 Å². The van der Waals surface area contributed by atoms with Gasteiger partial charge in [-0.15, -0.1) is 23.2 Å². The molecular formula is C41H30Cl2FN3O7. The molecule has 0 bridgehead atoms. The van der Waals surface area contributed by atoms with Crippen LogP contribution in [0.5, 0.6) is 5.75 Å². The van der Waals surface area contributed by atoms with Crippen LogP contribution in [0.4, 0.5) is 15.8 Å². The third kappa shape index (κ3) is 4.91. The summed E-state index contributed by atoms with van der Waals surface area (Å²) < 4.78 is 25.4. The number of aliphatic hydroxyl groups excluding tert-OH is 1. The topological polar surface area (TPSA) is 130 Å². The van der Waals surface area contributed by atoms with Gasteiger partial charge in [0.25, 0.3) is 11.8 Å². The number of rotatable bonds is 7. The lowest BCUT2D eigenvalue weighted by molar-refractivity contribution is -0.125. The van der Waals surface area contributed by atoms with Gasteiger partial charge in [-0.2, -0.15) is 0 Å². The molecular weight excluding hydrogens is 736 g/mol. The number of amides is 4. The predicted octanol–water partition coefficient (Wildman–Crippen LogP) is 6.77. The van der Waals surface area contributed by atoms with E-state index in [-0.39, 0.29) is 37.6 Å². The van der Waals surface area contributed by atoms with Crippen molar-refractivity contribution in [1.29, 1.82) is 0 Å². The van der Waals surface area contributed by atoms with Crippen LogP contribution in [0.15, 0.2) is 113 Å². The van der Waals surface area contributed by atoms with Crippen LogP contribution < -0.4 is 14.5 Å². The van der Waals surface area contributed by atoms with Crippen molar-refractivity contribution in [3.05, 3.63) is 120 Å². The second-order valence-corrected chi connectivity index (χ2v) is 15.2. The zero-order valence-corrected chi connectivity index (χ0v) is 29.8. The second kappa shape index (κ2) is 12.6. The number of alkyl halides is 2. The van der Waals surface area contributed by atoms with Crippen LogP contribution in [0.3, 0.4) is 0 Å². The molecule has 2 aliphatic heterocycles. The van der Waals surface area contributed by atoms with Gasteiger partial charge in [-0.3, -0.25) is 24.1 Å². The first kappa shape index (κ1) is 34.4. The lowest BCUT2D eigenvalue weighted by atomic mass is 9.56. The lowest BCUT2D eigenvalue weighted by Gasteiger charge is -2.50. The molecule has 1 N–H and O–H groups in total.